The lowest BCUT2D eigenvalue weighted by Crippen LogP contribution is -2.60. The molecular formula is C13H23NO. The molecule has 0 aromatic carbocycles. The second kappa shape index (κ2) is 3.50. The molecule has 3 fully saturated rings. The standard InChI is InChI=1S/C13H23NO/c1-5-12(15)14-11-7-9-6-10(8(11)2)13(9,3)4/h8-11H,5-7H2,1-4H3,(H,14,15)/t8-,9+,10-,11-/m0/s1. The smallest absolute Gasteiger partial charge is 0.219 e. The number of rotatable bonds is 2. The third kappa shape index (κ3) is 1.58. The maximum absolute atomic E-state index is 11.4. The molecule has 0 spiro atoms. The second-order valence-corrected chi connectivity index (χ2v) is 5.98. The summed E-state index contributed by atoms with van der Waals surface area (Å²) >= 11 is 0. The average molecular weight is 209 g/mol. The van der Waals surface area contributed by atoms with E-state index < -0.39 is 0 Å². The molecule has 3 aliphatic carbocycles. The number of hydrogen-bond acceptors (Lipinski definition) is 1. The van der Waals surface area contributed by atoms with Gasteiger partial charge in [-0.2, -0.15) is 0 Å². The third-order valence-corrected chi connectivity index (χ3v) is 5.02. The Labute approximate surface area is 92.8 Å². The van der Waals surface area contributed by atoms with Crippen LogP contribution in [0.5, 0.6) is 0 Å². The van der Waals surface area contributed by atoms with Crippen LogP contribution in [-0.2, 0) is 4.79 Å². The molecular weight excluding hydrogens is 186 g/mol. The van der Waals surface area contributed by atoms with Crippen LogP contribution in [0, 0.1) is 23.2 Å². The van der Waals surface area contributed by atoms with Gasteiger partial charge in [0.25, 0.3) is 0 Å². The van der Waals surface area contributed by atoms with E-state index in [-0.39, 0.29) is 5.91 Å². The highest BCUT2D eigenvalue weighted by Crippen LogP contribution is 2.61. The van der Waals surface area contributed by atoms with Gasteiger partial charge in [0, 0.05) is 12.5 Å². The van der Waals surface area contributed by atoms with Crippen LogP contribution in [0.1, 0.15) is 47.0 Å². The maximum Gasteiger partial charge on any atom is 0.219 e. The van der Waals surface area contributed by atoms with Crippen molar-refractivity contribution in [1.29, 1.82) is 0 Å². The molecule has 3 aliphatic rings. The Bertz CT molecular complexity index is 272. The van der Waals surface area contributed by atoms with Crippen molar-refractivity contribution in [2.24, 2.45) is 23.2 Å². The Morgan fingerprint density at radius 2 is 2.07 bits per heavy atom. The topological polar surface area (TPSA) is 29.1 Å². The van der Waals surface area contributed by atoms with Crippen LogP contribution < -0.4 is 5.32 Å². The number of nitrogens with one attached hydrogen (secondary N) is 1. The van der Waals surface area contributed by atoms with E-state index in [0.717, 1.165) is 11.8 Å². The maximum atomic E-state index is 11.4. The Morgan fingerprint density at radius 3 is 2.53 bits per heavy atom. The summed E-state index contributed by atoms with van der Waals surface area (Å²) in [6.45, 7) is 9.01. The summed E-state index contributed by atoms with van der Waals surface area (Å²) in [7, 11) is 0. The summed E-state index contributed by atoms with van der Waals surface area (Å²) in [6.07, 6.45) is 3.19. The molecule has 0 unspecified atom stereocenters. The lowest BCUT2D eigenvalue weighted by atomic mass is 9.45. The lowest BCUT2D eigenvalue weighted by Gasteiger charge is -2.62. The summed E-state index contributed by atoms with van der Waals surface area (Å²) in [5.41, 5.74) is 0.521. The molecule has 0 radical (unpaired) electrons. The van der Waals surface area contributed by atoms with E-state index in [4.69, 9.17) is 0 Å². The summed E-state index contributed by atoms with van der Waals surface area (Å²) < 4.78 is 0. The first-order valence-electron chi connectivity index (χ1n) is 6.26. The highest BCUT2D eigenvalue weighted by Gasteiger charge is 2.56. The second-order valence-electron chi connectivity index (χ2n) is 5.98. The Kier molecular flexibility index (Phi) is 2.56. The van der Waals surface area contributed by atoms with Gasteiger partial charge in [0.2, 0.25) is 5.91 Å². The summed E-state index contributed by atoms with van der Waals surface area (Å²) in [5.74, 6) is 2.52. The zero-order chi connectivity index (χ0) is 11.2. The highest BCUT2D eigenvalue weighted by molar-refractivity contribution is 5.75. The molecule has 86 valence electrons. The van der Waals surface area contributed by atoms with Crippen LogP contribution in [0.2, 0.25) is 0 Å². The van der Waals surface area contributed by atoms with Crippen molar-refractivity contribution in [3.63, 3.8) is 0 Å². The fourth-order valence-electron chi connectivity index (χ4n) is 3.65. The largest absolute Gasteiger partial charge is 0.353 e. The Hall–Kier alpha value is -0.530. The van der Waals surface area contributed by atoms with Gasteiger partial charge in [-0.25, -0.2) is 0 Å². The van der Waals surface area contributed by atoms with Gasteiger partial charge in [-0.15, -0.1) is 0 Å². The normalized spacial score (nSPS) is 41.9. The van der Waals surface area contributed by atoms with Crippen molar-refractivity contribution in [2.75, 3.05) is 0 Å². The van der Waals surface area contributed by atoms with E-state index in [0.29, 0.717) is 23.8 Å². The average Bonchev–Trinajstić information content (AvgIpc) is 2.19. The molecule has 1 amide bonds. The number of carbonyl (C=O) groups is 1. The van der Waals surface area contributed by atoms with Crippen molar-refractivity contribution in [2.45, 2.75) is 53.0 Å². The fourth-order valence-corrected chi connectivity index (χ4v) is 3.65. The molecule has 3 rings (SSSR count). The molecule has 2 nitrogen and oxygen atoms in total. The SMILES string of the molecule is CCC(=O)N[C@H]1C[C@H]2C[C@@H]([C@@H]1C)C2(C)C. The first-order valence-corrected chi connectivity index (χ1v) is 6.26. The summed E-state index contributed by atoms with van der Waals surface area (Å²) in [6, 6.07) is 0.439. The predicted molar refractivity (Wildman–Crippen MR) is 61.4 cm³/mol. The van der Waals surface area contributed by atoms with Gasteiger partial charge in [-0.1, -0.05) is 27.7 Å². The van der Waals surface area contributed by atoms with E-state index in [1.54, 1.807) is 0 Å². The first-order chi connectivity index (χ1) is 6.96. The van der Waals surface area contributed by atoms with E-state index in [2.05, 4.69) is 26.1 Å². The zero-order valence-corrected chi connectivity index (χ0v) is 10.3. The predicted octanol–water partition coefficient (Wildman–Crippen LogP) is 2.58. The number of fused-ring (bicyclic) bond motifs is 2. The van der Waals surface area contributed by atoms with Crippen molar-refractivity contribution < 1.29 is 4.79 Å². The van der Waals surface area contributed by atoms with E-state index >= 15 is 0 Å². The molecule has 0 aliphatic heterocycles. The molecule has 0 saturated heterocycles. The zero-order valence-electron chi connectivity index (χ0n) is 10.3. The Balaban J connectivity index is 1.99. The number of amides is 1. The first kappa shape index (κ1) is 11.0. The monoisotopic (exact) mass is 209 g/mol. The van der Waals surface area contributed by atoms with Crippen molar-refractivity contribution in [3.8, 4) is 0 Å². The van der Waals surface area contributed by atoms with Crippen LogP contribution in [0.3, 0.4) is 0 Å². The van der Waals surface area contributed by atoms with Gasteiger partial charge >= 0.3 is 0 Å². The van der Waals surface area contributed by atoms with Gasteiger partial charge in [0.15, 0.2) is 0 Å². The number of hydrogen-bond donors (Lipinski definition) is 1. The van der Waals surface area contributed by atoms with Crippen molar-refractivity contribution in [1.82, 2.24) is 5.32 Å². The minimum atomic E-state index is 0.214. The van der Waals surface area contributed by atoms with E-state index in [9.17, 15) is 4.79 Å². The molecule has 2 bridgehead atoms. The van der Waals surface area contributed by atoms with Crippen LogP contribution >= 0.6 is 0 Å². The minimum Gasteiger partial charge on any atom is -0.353 e. The molecule has 0 aromatic heterocycles. The quantitative estimate of drug-likeness (QED) is 0.744. The van der Waals surface area contributed by atoms with Crippen LogP contribution in [0.15, 0.2) is 0 Å². The fraction of sp³-hybridized carbons (Fsp3) is 0.923. The summed E-state index contributed by atoms with van der Waals surface area (Å²) in [4.78, 5) is 11.4. The number of carbonyl (C=O) groups excluding carboxylic acids is 1. The van der Waals surface area contributed by atoms with Gasteiger partial charge in [-0.3, -0.25) is 4.79 Å². The van der Waals surface area contributed by atoms with Crippen LogP contribution in [0.25, 0.3) is 0 Å². The highest BCUT2D eigenvalue weighted by atomic mass is 16.1. The minimum absolute atomic E-state index is 0.214. The molecule has 3 saturated carbocycles. The summed E-state index contributed by atoms with van der Waals surface area (Å²) in [5, 5.41) is 3.18. The van der Waals surface area contributed by atoms with Crippen LogP contribution in [-0.4, -0.2) is 11.9 Å². The molecule has 0 heterocycles. The van der Waals surface area contributed by atoms with Crippen molar-refractivity contribution >= 4 is 5.91 Å². The Morgan fingerprint density at radius 1 is 1.40 bits per heavy atom. The van der Waals surface area contributed by atoms with Gasteiger partial charge < -0.3 is 5.32 Å². The molecule has 1 N–H and O–H groups in total. The van der Waals surface area contributed by atoms with E-state index in [1.165, 1.54) is 12.8 Å². The molecule has 15 heavy (non-hydrogen) atoms. The third-order valence-electron chi connectivity index (χ3n) is 5.02. The van der Waals surface area contributed by atoms with Crippen molar-refractivity contribution in [3.05, 3.63) is 0 Å². The van der Waals surface area contributed by atoms with Crippen LogP contribution in [0.4, 0.5) is 0 Å². The van der Waals surface area contributed by atoms with Gasteiger partial charge in [-0.05, 0) is 36.0 Å². The van der Waals surface area contributed by atoms with Gasteiger partial charge in [0.05, 0.1) is 0 Å². The molecule has 2 heteroatoms. The van der Waals surface area contributed by atoms with E-state index in [1.807, 2.05) is 6.92 Å². The lowest BCUT2D eigenvalue weighted by molar-refractivity contribution is -0.133. The van der Waals surface area contributed by atoms with Gasteiger partial charge in [0.1, 0.15) is 0 Å². The molecule has 0 aromatic rings. The molecule has 4 atom stereocenters.